The SMILES string of the molecule is CONC(=O)c1ccc(F)c(N([O-])O)c1. The lowest BCUT2D eigenvalue weighted by Crippen LogP contribution is -2.22. The molecule has 0 saturated heterocycles. The Morgan fingerprint density at radius 3 is 2.87 bits per heavy atom. The zero-order chi connectivity index (χ0) is 11.4. The lowest BCUT2D eigenvalue weighted by Gasteiger charge is -2.22. The summed E-state index contributed by atoms with van der Waals surface area (Å²) in [6.07, 6.45) is 0. The molecule has 0 unspecified atom stereocenters. The molecule has 0 spiro atoms. The number of amides is 1. The molecule has 1 amide bonds. The molecule has 1 rings (SSSR count). The van der Waals surface area contributed by atoms with Crippen molar-refractivity contribution in [1.29, 1.82) is 0 Å². The number of hydroxylamine groups is 1. The summed E-state index contributed by atoms with van der Waals surface area (Å²) in [5, 5.41) is 18.3. The average Bonchev–Trinajstić information content (AvgIpc) is 2.18. The Morgan fingerprint density at radius 1 is 1.67 bits per heavy atom. The standard InChI is InChI=1S/C8H8FN2O4/c1-15-10-8(12)5-2-3-6(9)7(4-5)11(13)14/h2-4,13H,1H3,(H,10,12)/q-1. The second-order valence-corrected chi connectivity index (χ2v) is 2.57. The van der Waals surface area contributed by atoms with Gasteiger partial charge in [-0.25, -0.2) is 9.87 Å². The van der Waals surface area contributed by atoms with Crippen LogP contribution in [-0.2, 0) is 4.84 Å². The first-order valence-corrected chi connectivity index (χ1v) is 3.85. The second kappa shape index (κ2) is 4.69. The molecule has 0 aliphatic rings. The Morgan fingerprint density at radius 2 is 2.33 bits per heavy atom. The van der Waals surface area contributed by atoms with E-state index in [9.17, 15) is 14.4 Å². The molecule has 0 radical (unpaired) electrons. The van der Waals surface area contributed by atoms with Crippen molar-refractivity contribution >= 4 is 11.6 Å². The van der Waals surface area contributed by atoms with Gasteiger partial charge in [-0.15, -0.1) is 0 Å². The van der Waals surface area contributed by atoms with Crippen molar-refractivity contribution in [3.63, 3.8) is 0 Å². The predicted octanol–water partition coefficient (Wildman–Crippen LogP) is 0.810. The number of anilines is 1. The van der Waals surface area contributed by atoms with E-state index in [4.69, 9.17) is 5.21 Å². The smallest absolute Gasteiger partial charge is 0.274 e. The van der Waals surface area contributed by atoms with Crippen LogP contribution in [0.15, 0.2) is 18.2 Å². The Labute approximate surface area is 84.4 Å². The fraction of sp³-hybridized carbons (Fsp3) is 0.125. The van der Waals surface area contributed by atoms with Crippen molar-refractivity contribution in [2.75, 3.05) is 12.3 Å². The van der Waals surface area contributed by atoms with Gasteiger partial charge in [0.2, 0.25) is 0 Å². The minimum absolute atomic E-state index is 0.0110. The first-order valence-electron chi connectivity index (χ1n) is 3.85. The Kier molecular flexibility index (Phi) is 3.56. The van der Waals surface area contributed by atoms with Gasteiger partial charge in [0.15, 0.2) is 0 Å². The summed E-state index contributed by atoms with van der Waals surface area (Å²) in [5.74, 6) is -1.58. The number of benzene rings is 1. The first kappa shape index (κ1) is 11.4. The van der Waals surface area contributed by atoms with Crippen LogP contribution in [0, 0.1) is 11.0 Å². The zero-order valence-electron chi connectivity index (χ0n) is 7.73. The molecule has 0 fully saturated rings. The third-order valence-corrected chi connectivity index (χ3v) is 1.61. The Bertz CT molecular complexity index is 370. The van der Waals surface area contributed by atoms with Gasteiger partial charge >= 0.3 is 0 Å². The van der Waals surface area contributed by atoms with Gasteiger partial charge in [0.05, 0.1) is 12.8 Å². The summed E-state index contributed by atoms with van der Waals surface area (Å²) in [6, 6.07) is 2.94. The molecular weight excluding hydrogens is 207 g/mol. The highest BCUT2D eigenvalue weighted by Crippen LogP contribution is 2.18. The maximum atomic E-state index is 12.9. The van der Waals surface area contributed by atoms with Gasteiger partial charge in [-0.3, -0.25) is 14.8 Å². The number of nitrogens with zero attached hydrogens (tertiary/aromatic N) is 1. The van der Waals surface area contributed by atoms with Gasteiger partial charge in [0.1, 0.15) is 5.82 Å². The van der Waals surface area contributed by atoms with E-state index in [1.807, 2.05) is 5.48 Å². The first-order chi connectivity index (χ1) is 7.06. The highest BCUT2D eigenvalue weighted by atomic mass is 19.1. The molecule has 7 heteroatoms. The van der Waals surface area contributed by atoms with Crippen LogP contribution in [0.1, 0.15) is 10.4 Å². The lowest BCUT2D eigenvalue weighted by atomic mass is 10.2. The highest BCUT2D eigenvalue weighted by Gasteiger charge is 2.09. The van der Waals surface area contributed by atoms with E-state index in [1.165, 1.54) is 7.11 Å². The van der Waals surface area contributed by atoms with Gasteiger partial charge in [0, 0.05) is 5.56 Å². The summed E-state index contributed by atoms with van der Waals surface area (Å²) in [7, 11) is 1.23. The number of carbonyl (C=O) groups is 1. The largest absolute Gasteiger partial charge is 0.733 e. The van der Waals surface area contributed by atoms with E-state index >= 15 is 0 Å². The number of carbonyl (C=O) groups excluding carboxylic acids is 1. The lowest BCUT2D eigenvalue weighted by molar-refractivity contribution is 0.0537. The van der Waals surface area contributed by atoms with Crippen LogP contribution in [0.4, 0.5) is 10.1 Å². The van der Waals surface area contributed by atoms with E-state index in [2.05, 4.69) is 4.84 Å². The van der Waals surface area contributed by atoms with E-state index < -0.39 is 22.6 Å². The van der Waals surface area contributed by atoms with Crippen molar-refractivity contribution in [2.24, 2.45) is 0 Å². The van der Waals surface area contributed by atoms with Gasteiger partial charge in [-0.05, 0) is 18.2 Å². The maximum absolute atomic E-state index is 12.9. The van der Waals surface area contributed by atoms with Crippen LogP contribution in [-0.4, -0.2) is 18.2 Å². The molecule has 0 aliphatic heterocycles. The normalized spacial score (nSPS) is 9.87. The van der Waals surface area contributed by atoms with Crippen LogP contribution in [0.5, 0.6) is 0 Å². The summed E-state index contributed by atoms with van der Waals surface area (Å²) >= 11 is 0. The van der Waals surface area contributed by atoms with Gasteiger partial charge < -0.3 is 10.4 Å². The molecule has 82 valence electrons. The summed E-state index contributed by atoms with van der Waals surface area (Å²) in [4.78, 5) is 15.5. The van der Waals surface area contributed by atoms with Crippen LogP contribution in [0.3, 0.4) is 0 Å². The van der Waals surface area contributed by atoms with E-state index in [-0.39, 0.29) is 5.56 Å². The minimum Gasteiger partial charge on any atom is -0.733 e. The highest BCUT2D eigenvalue weighted by molar-refractivity contribution is 5.94. The molecule has 0 aromatic heterocycles. The van der Waals surface area contributed by atoms with Crippen molar-refractivity contribution < 1.29 is 19.2 Å². The molecule has 0 saturated carbocycles. The fourth-order valence-corrected chi connectivity index (χ4v) is 0.952. The third-order valence-electron chi connectivity index (χ3n) is 1.61. The Hall–Kier alpha value is -1.70. The molecule has 2 N–H and O–H groups in total. The van der Waals surface area contributed by atoms with Crippen LogP contribution >= 0.6 is 0 Å². The third kappa shape index (κ3) is 2.62. The van der Waals surface area contributed by atoms with Crippen LogP contribution in [0.2, 0.25) is 0 Å². The van der Waals surface area contributed by atoms with Gasteiger partial charge in [-0.2, -0.15) is 0 Å². The maximum Gasteiger partial charge on any atom is 0.274 e. The molecule has 0 bridgehead atoms. The number of hydrogen-bond donors (Lipinski definition) is 2. The number of nitrogens with one attached hydrogen (secondary N) is 1. The zero-order valence-corrected chi connectivity index (χ0v) is 7.73. The van der Waals surface area contributed by atoms with Gasteiger partial charge in [-0.1, -0.05) is 0 Å². The van der Waals surface area contributed by atoms with Crippen molar-refractivity contribution in [3.8, 4) is 0 Å². The molecular formula is C8H8FN2O4-. The molecule has 6 nitrogen and oxygen atoms in total. The number of rotatable bonds is 3. The quantitative estimate of drug-likeness (QED) is 0.729. The summed E-state index contributed by atoms with van der Waals surface area (Å²) in [5.41, 5.74) is 1.33. The Balaban J connectivity index is 3.02. The minimum atomic E-state index is -0.929. The molecule has 1 aromatic rings. The number of halogens is 1. The fourth-order valence-electron chi connectivity index (χ4n) is 0.952. The summed E-state index contributed by atoms with van der Waals surface area (Å²) < 4.78 is 12.9. The van der Waals surface area contributed by atoms with Crippen molar-refractivity contribution in [3.05, 3.63) is 34.8 Å². The predicted molar refractivity (Wildman–Crippen MR) is 48.5 cm³/mol. The number of hydrogen-bond acceptors (Lipinski definition) is 5. The summed E-state index contributed by atoms with van der Waals surface area (Å²) in [6.45, 7) is 0. The molecule has 0 aliphatic carbocycles. The topological polar surface area (TPSA) is 84.9 Å². The van der Waals surface area contributed by atoms with Crippen molar-refractivity contribution in [1.82, 2.24) is 5.48 Å². The molecule has 0 heterocycles. The van der Waals surface area contributed by atoms with E-state index in [0.29, 0.717) is 0 Å². The molecule has 15 heavy (non-hydrogen) atoms. The van der Waals surface area contributed by atoms with E-state index in [1.54, 1.807) is 0 Å². The van der Waals surface area contributed by atoms with Crippen LogP contribution in [0.25, 0.3) is 0 Å². The van der Waals surface area contributed by atoms with Crippen molar-refractivity contribution in [2.45, 2.75) is 0 Å². The van der Waals surface area contributed by atoms with Crippen LogP contribution < -0.4 is 10.7 Å². The molecule has 1 aromatic carbocycles. The second-order valence-electron chi connectivity index (χ2n) is 2.57. The van der Waals surface area contributed by atoms with E-state index in [0.717, 1.165) is 18.2 Å². The molecule has 0 atom stereocenters. The monoisotopic (exact) mass is 215 g/mol. The van der Waals surface area contributed by atoms with Gasteiger partial charge in [0.25, 0.3) is 5.91 Å². The average molecular weight is 215 g/mol.